The Hall–Kier alpha value is -0.560. The first kappa shape index (κ1) is 8.06. The standard InChI is InChI=1S/C10H10ClF/c11-10-5-4-8(12)6-9(10)7-2-1-3-7/h4-7H,1-3H2. The van der Waals surface area contributed by atoms with Gasteiger partial charge in [-0.05, 0) is 42.5 Å². The van der Waals surface area contributed by atoms with E-state index in [1.807, 2.05) is 0 Å². The molecule has 0 aliphatic heterocycles. The minimum absolute atomic E-state index is 0.179. The molecular weight excluding hydrogens is 175 g/mol. The molecule has 0 aromatic heterocycles. The summed E-state index contributed by atoms with van der Waals surface area (Å²) in [5.74, 6) is 0.328. The predicted molar refractivity (Wildman–Crippen MR) is 48.0 cm³/mol. The number of hydrogen-bond donors (Lipinski definition) is 0. The van der Waals surface area contributed by atoms with Gasteiger partial charge in [0.1, 0.15) is 5.82 Å². The molecule has 2 rings (SSSR count). The minimum Gasteiger partial charge on any atom is -0.207 e. The van der Waals surface area contributed by atoms with E-state index >= 15 is 0 Å². The van der Waals surface area contributed by atoms with Crippen LogP contribution < -0.4 is 0 Å². The summed E-state index contributed by atoms with van der Waals surface area (Å²) in [6, 6.07) is 4.61. The number of benzene rings is 1. The molecule has 0 heterocycles. The van der Waals surface area contributed by atoms with Gasteiger partial charge in [-0.2, -0.15) is 0 Å². The molecule has 0 bridgehead atoms. The Labute approximate surface area is 76.4 Å². The molecule has 1 aromatic rings. The highest BCUT2D eigenvalue weighted by Gasteiger charge is 2.21. The Morgan fingerprint density at radius 2 is 2.08 bits per heavy atom. The van der Waals surface area contributed by atoms with Crippen molar-refractivity contribution in [2.75, 3.05) is 0 Å². The Morgan fingerprint density at radius 3 is 2.67 bits per heavy atom. The summed E-state index contributed by atoms with van der Waals surface area (Å²) in [7, 11) is 0. The summed E-state index contributed by atoms with van der Waals surface area (Å²) in [6.45, 7) is 0. The molecule has 1 aliphatic rings. The Bertz CT molecular complexity index is 292. The SMILES string of the molecule is Fc1ccc(Cl)c(C2CCC2)c1. The number of halogens is 2. The monoisotopic (exact) mass is 184 g/mol. The van der Waals surface area contributed by atoms with Crippen LogP contribution in [-0.2, 0) is 0 Å². The van der Waals surface area contributed by atoms with E-state index in [2.05, 4.69) is 0 Å². The lowest BCUT2D eigenvalue weighted by Crippen LogP contribution is -2.09. The van der Waals surface area contributed by atoms with Gasteiger partial charge in [-0.1, -0.05) is 18.0 Å². The summed E-state index contributed by atoms with van der Waals surface area (Å²) in [6.07, 6.45) is 3.56. The zero-order valence-corrected chi connectivity index (χ0v) is 7.44. The molecule has 64 valence electrons. The van der Waals surface area contributed by atoms with Crippen LogP contribution in [0.1, 0.15) is 30.7 Å². The van der Waals surface area contributed by atoms with Gasteiger partial charge in [0.05, 0.1) is 0 Å². The molecule has 0 N–H and O–H groups in total. The van der Waals surface area contributed by atoms with Crippen LogP contribution in [0.3, 0.4) is 0 Å². The van der Waals surface area contributed by atoms with Crippen molar-refractivity contribution in [3.63, 3.8) is 0 Å². The van der Waals surface area contributed by atoms with Gasteiger partial charge in [0, 0.05) is 5.02 Å². The third-order valence-corrected chi connectivity index (χ3v) is 2.85. The summed E-state index contributed by atoms with van der Waals surface area (Å²) in [4.78, 5) is 0. The van der Waals surface area contributed by atoms with Gasteiger partial charge in [-0.25, -0.2) is 4.39 Å². The maximum atomic E-state index is 12.8. The van der Waals surface area contributed by atoms with Crippen LogP contribution in [0.4, 0.5) is 4.39 Å². The molecule has 0 amide bonds. The van der Waals surface area contributed by atoms with Gasteiger partial charge >= 0.3 is 0 Å². The number of hydrogen-bond acceptors (Lipinski definition) is 0. The van der Waals surface area contributed by atoms with E-state index in [1.165, 1.54) is 12.5 Å². The van der Waals surface area contributed by atoms with Crippen LogP contribution in [-0.4, -0.2) is 0 Å². The van der Waals surface area contributed by atoms with Gasteiger partial charge in [0.25, 0.3) is 0 Å². The molecule has 1 fully saturated rings. The quantitative estimate of drug-likeness (QED) is 0.624. The topological polar surface area (TPSA) is 0 Å². The van der Waals surface area contributed by atoms with Crippen LogP contribution >= 0.6 is 11.6 Å². The van der Waals surface area contributed by atoms with Crippen molar-refractivity contribution in [2.24, 2.45) is 0 Å². The van der Waals surface area contributed by atoms with Crippen molar-refractivity contribution >= 4 is 11.6 Å². The van der Waals surface area contributed by atoms with E-state index in [4.69, 9.17) is 11.6 Å². The first-order chi connectivity index (χ1) is 5.77. The molecule has 0 radical (unpaired) electrons. The summed E-state index contributed by atoms with van der Waals surface area (Å²) in [5, 5.41) is 0.709. The van der Waals surface area contributed by atoms with Crippen LogP contribution in [0.25, 0.3) is 0 Å². The maximum absolute atomic E-state index is 12.8. The van der Waals surface area contributed by atoms with Gasteiger partial charge < -0.3 is 0 Å². The minimum atomic E-state index is -0.179. The lowest BCUT2D eigenvalue weighted by atomic mass is 9.80. The van der Waals surface area contributed by atoms with Crippen LogP contribution in [0.5, 0.6) is 0 Å². The summed E-state index contributed by atoms with van der Waals surface area (Å²) >= 11 is 5.94. The average molecular weight is 185 g/mol. The molecule has 0 nitrogen and oxygen atoms in total. The van der Waals surface area contributed by atoms with E-state index in [9.17, 15) is 4.39 Å². The molecule has 2 heteroatoms. The molecule has 12 heavy (non-hydrogen) atoms. The fraction of sp³-hybridized carbons (Fsp3) is 0.400. The molecule has 0 unspecified atom stereocenters. The molecule has 1 aromatic carbocycles. The van der Waals surface area contributed by atoms with Gasteiger partial charge in [0.2, 0.25) is 0 Å². The molecule has 0 saturated heterocycles. The molecule has 0 spiro atoms. The third-order valence-electron chi connectivity index (χ3n) is 2.50. The van der Waals surface area contributed by atoms with Gasteiger partial charge in [0.15, 0.2) is 0 Å². The van der Waals surface area contributed by atoms with E-state index in [-0.39, 0.29) is 5.82 Å². The highest BCUT2D eigenvalue weighted by Crippen LogP contribution is 2.39. The van der Waals surface area contributed by atoms with Crippen LogP contribution in [0.2, 0.25) is 5.02 Å². The van der Waals surface area contributed by atoms with Crippen molar-refractivity contribution in [2.45, 2.75) is 25.2 Å². The van der Waals surface area contributed by atoms with Gasteiger partial charge in [-0.3, -0.25) is 0 Å². The van der Waals surface area contributed by atoms with Crippen molar-refractivity contribution in [3.05, 3.63) is 34.6 Å². The van der Waals surface area contributed by atoms with E-state index < -0.39 is 0 Å². The van der Waals surface area contributed by atoms with E-state index in [0.717, 1.165) is 18.4 Å². The normalized spacial score (nSPS) is 17.5. The second kappa shape index (κ2) is 3.06. The highest BCUT2D eigenvalue weighted by atomic mass is 35.5. The predicted octanol–water partition coefficient (Wildman–Crippen LogP) is 3.75. The van der Waals surface area contributed by atoms with Crippen molar-refractivity contribution in [1.82, 2.24) is 0 Å². The fourth-order valence-corrected chi connectivity index (χ4v) is 1.82. The number of rotatable bonds is 1. The van der Waals surface area contributed by atoms with Crippen LogP contribution in [0.15, 0.2) is 18.2 Å². The lowest BCUT2D eigenvalue weighted by molar-refractivity contribution is 0.418. The van der Waals surface area contributed by atoms with Crippen molar-refractivity contribution < 1.29 is 4.39 Å². The zero-order valence-electron chi connectivity index (χ0n) is 6.69. The maximum Gasteiger partial charge on any atom is 0.123 e. The Balaban J connectivity index is 2.34. The Morgan fingerprint density at radius 1 is 1.33 bits per heavy atom. The molecule has 1 saturated carbocycles. The lowest BCUT2D eigenvalue weighted by Gasteiger charge is -2.26. The van der Waals surface area contributed by atoms with Crippen molar-refractivity contribution in [3.8, 4) is 0 Å². The van der Waals surface area contributed by atoms with Crippen LogP contribution in [0, 0.1) is 5.82 Å². The highest BCUT2D eigenvalue weighted by molar-refractivity contribution is 6.31. The zero-order chi connectivity index (χ0) is 8.55. The molecule has 0 atom stereocenters. The smallest absolute Gasteiger partial charge is 0.123 e. The van der Waals surface area contributed by atoms with E-state index in [1.54, 1.807) is 12.1 Å². The average Bonchev–Trinajstić information content (AvgIpc) is 1.93. The first-order valence-electron chi connectivity index (χ1n) is 4.22. The summed E-state index contributed by atoms with van der Waals surface area (Å²) in [5.41, 5.74) is 0.989. The molecule has 1 aliphatic carbocycles. The Kier molecular flexibility index (Phi) is 2.05. The van der Waals surface area contributed by atoms with E-state index in [0.29, 0.717) is 10.9 Å². The van der Waals surface area contributed by atoms with Gasteiger partial charge in [-0.15, -0.1) is 0 Å². The first-order valence-corrected chi connectivity index (χ1v) is 4.60. The fourth-order valence-electron chi connectivity index (χ4n) is 1.55. The summed E-state index contributed by atoms with van der Waals surface area (Å²) < 4.78 is 12.8. The molecular formula is C10H10ClF. The third kappa shape index (κ3) is 1.34. The largest absolute Gasteiger partial charge is 0.207 e. The second-order valence-electron chi connectivity index (χ2n) is 3.29. The second-order valence-corrected chi connectivity index (χ2v) is 3.70. The van der Waals surface area contributed by atoms with Crippen molar-refractivity contribution in [1.29, 1.82) is 0 Å².